The van der Waals surface area contributed by atoms with E-state index < -0.39 is 0 Å². The van der Waals surface area contributed by atoms with Gasteiger partial charge >= 0.3 is 5.97 Å². The Kier molecular flexibility index (Phi) is 8.08. The molecule has 4 aromatic carbocycles. The molecule has 4 aromatic rings. The Morgan fingerprint density at radius 3 is 1.30 bits per heavy atom. The van der Waals surface area contributed by atoms with Gasteiger partial charge in [0.2, 0.25) is 0 Å². The monoisotopic (exact) mass is 434 g/mol. The first-order chi connectivity index (χ1) is 16.3. The number of carbonyl (C=O) groups is 1. The highest BCUT2D eigenvalue weighted by Crippen LogP contribution is 2.27. The van der Waals surface area contributed by atoms with Crippen molar-refractivity contribution in [2.24, 2.45) is 11.8 Å². The van der Waals surface area contributed by atoms with Crippen LogP contribution in [0.2, 0.25) is 0 Å². The normalized spacial score (nSPS) is 11.8. The minimum Gasteiger partial charge on any atom is -0.461 e. The number of hydrogen-bond donors (Lipinski definition) is 0. The fourth-order valence-corrected chi connectivity index (χ4v) is 4.34. The van der Waals surface area contributed by atoms with E-state index in [2.05, 4.69) is 60.7 Å². The van der Waals surface area contributed by atoms with E-state index in [1.807, 2.05) is 60.7 Å². The highest BCUT2D eigenvalue weighted by atomic mass is 16.5. The molecule has 0 aliphatic rings. The van der Waals surface area contributed by atoms with E-state index in [0.29, 0.717) is 13.0 Å². The molecule has 0 aromatic heterocycles. The van der Waals surface area contributed by atoms with E-state index in [0.717, 1.165) is 24.0 Å². The van der Waals surface area contributed by atoms with Crippen LogP contribution in [0.1, 0.15) is 22.3 Å². The maximum absolute atomic E-state index is 13.5. The summed E-state index contributed by atoms with van der Waals surface area (Å²) < 4.78 is 5.88. The van der Waals surface area contributed by atoms with Gasteiger partial charge in [0, 0.05) is 0 Å². The van der Waals surface area contributed by atoms with Gasteiger partial charge in [0.25, 0.3) is 0 Å². The van der Waals surface area contributed by atoms with Crippen LogP contribution in [-0.4, -0.2) is 5.97 Å². The molecule has 33 heavy (non-hydrogen) atoms. The molecule has 166 valence electrons. The maximum Gasteiger partial charge on any atom is 0.309 e. The van der Waals surface area contributed by atoms with Crippen molar-refractivity contribution in [2.45, 2.75) is 25.9 Å². The third-order valence-electron chi connectivity index (χ3n) is 6.08. The Morgan fingerprint density at radius 1 is 0.515 bits per heavy atom. The van der Waals surface area contributed by atoms with Crippen molar-refractivity contribution >= 4 is 5.97 Å². The number of carbonyl (C=O) groups excluding carboxylic acids is 1. The second-order valence-electron chi connectivity index (χ2n) is 8.53. The lowest BCUT2D eigenvalue weighted by Crippen LogP contribution is -2.31. The molecule has 0 fully saturated rings. The van der Waals surface area contributed by atoms with E-state index >= 15 is 0 Å². The van der Waals surface area contributed by atoms with Crippen molar-refractivity contribution in [1.82, 2.24) is 0 Å². The molecular weight excluding hydrogens is 404 g/mol. The summed E-state index contributed by atoms with van der Waals surface area (Å²) in [6, 6.07) is 41.1. The number of ether oxygens (including phenoxy) is 1. The van der Waals surface area contributed by atoms with Crippen molar-refractivity contribution in [3.63, 3.8) is 0 Å². The summed E-state index contributed by atoms with van der Waals surface area (Å²) in [7, 11) is 0. The Hall–Kier alpha value is -3.65. The molecule has 2 nitrogen and oxygen atoms in total. The van der Waals surface area contributed by atoms with Crippen LogP contribution in [0.5, 0.6) is 0 Å². The van der Waals surface area contributed by atoms with Crippen LogP contribution < -0.4 is 0 Å². The minimum absolute atomic E-state index is 0.123. The van der Waals surface area contributed by atoms with Gasteiger partial charge in [0.05, 0.1) is 5.92 Å². The van der Waals surface area contributed by atoms with E-state index in [4.69, 9.17) is 4.74 Å². The van der Waals surface area contributed by atoms with Gasteiger partial charge in [0.15, 0.2) is 0 Å². The van der Waals surface area contributed by atoms with Crippen molar-refractivity contribution in [2.75, 3.05) is 0 Å². The molecule has 0 amide bonds. The van der Waals surface area contributed by atoms with Gasteiger partial charge in [-0.2, -0.15) is 0 Å². The fraction of sp³-hybridized carbons (Fsp3) is 0.194. The Bertz CT molecular complexity index is 1050. The average molecular weight is 435 g/mol. The fourth-order valence-electron chi connectivity index (χ4n) is 4.34. The molecule has 0 aliphatic heterocycles. The predicted octanol–water partition coefficient (Wildman–Crippen LogP) is 6.69. The molecule has 0 N–H and O–H groups in total. The quantitative estimate of drug-likeness (QED) is 0.260. The Balaban J connectivity index is 1.60. The lowest BCUT2D eigenvalue weighted by Gasteiger charge is -2.26. The summed E-state index contributed by atoms with van der Waals surface area (Å²) in [5.41, 5.74) is 4.65. The third-order valence-corrected chi connectivity index (χ3v) is 6.08. The minimum atomic E-state index is -0.239. The number of benzene rings is 4. The largest absolute Gasteiger partial charge is 0.461 e. The zero-order valence-electron chi connectivity index (χ0n) is 18.8. The van der Waals surface area contributed by atoms with E-state index in [1.165, 1.54) is 11.1 Å². The lowest BCUT2D eigenvalue weighted by molar-refractivity contribution is -0.152. The molecule has 1 unspecified atom stereocenters. The van der Waals surface area contributed by atoms with Gasteiger partial charge in [0.1, 0.15) is 6.61 Å². The Labute approximate surface area is 196 Å². The zero-order chi connectivity index (χ0) is 22.7. The second-order valence-corrected chi connectivity index (χ2v) is 8.53. The second kappa shape index (κ2) is 11.8. The molecule has 1 atom stereocenters. The smallest absolute Gasteiger partial charge is 0.309 e. The molecule has 0 aliphatic carbocycles. The van der Waals surface area contributed by atoms with Crippen molar-refractivity contribution < 1.29 is 9.53 Å². The maximum atomic E-state index is 13.5. The zero-order valence-corrected chi connectivity index (χ0v) is 18.8. The number of rotatable bonds is 10. The van der Waals surface area contributed by atoms with Gasteiger partial charge in [-0.3, -0.25) is 4.79 Å². The third kappa shape index (κ3) is 6.92. The molecule has 2 heteroatoms. The van der Waals surface area contributed by atoms with Crippen LogP contribution in [-0.2, 0) is 35.4 Å². The lowest BCUT2D eigenvalue weighted by atomic mass is 9.79. The molecular formula is C31H30O2. The van der Waals surface area contributed by atoms with Gasteiger partial charge < -0.3 is 4.74 Å². The highest BCUT2D eigenvalue weighted by Gasteiger charge is 2.30. The molecule has 0 bridgehead atoms. The van der Waals surface area contributed by atoms with Crippen LogP contribution >= 0.6 is 0 Å². The van der Waals surface area contributed by atoms with E-state index in [9.17, 15) is 4.79 Å². The van der Waals surface area contributed by atoms with Crippen LogP contribution in [0, 0.1) is 11.8 Å². The number of hydrogen-bond acceptors (Lipinski definition) is 2. The van der Waals surface area contributed by atoms with E-state index in [-0.39, 0.29) is 17.8 Å². The predicted molar refractivity (Wildman–Crippen MR) is 134 cm³/mol. The first-order valence-corrected chi connectivity index (χ1v) is 11.6. The Morgan fingerprint density at radius 2 is 0.879 bits per heavy atom. The van der Waals surface area contributed by atoms with Crippen LogP contribution in [0.15, 0.2) is 121 Å². The molecule has 0 saturated heterocycles. The van der Waals surface area contributed by atoms with Gasteiger partial charge in [-0.15, -0.1) is 0 Å². The van der Waals surface area contributed by atoms with Crippen molar-refractivity contribution in [3.05, 3.63) is 144 Å². The topological polar surface area (TPSA) is 26.3 Å². The van der Waals surface area contributed by atoms with Gasteiger partial charge in [-0.05, 0) is 47.4 Å². The molecule has 0 radical (unpaired) electrons. The average Bonchev–Trinajstić information content (AvgIpc) is 2.88. The van der Waals surface area contributed by atoms with Gasteiger partial charge in [-0.1, -0.05) is 121 Å². The molecule has 0 spiro atoms. The molecule has 0 saturated carbocycles. The van der Waals surface area contributed by atoms with Crippen molar-refractivity contribution in [1.29, 1.82) is 0 Å². The highest BCUT2D eigenvalue weighted by molar-refractivity contribution is 5.73. The molecule has 0 heterocycles. The first-order valence-electron chi connectivity index (χ1n) is 11.6. The molecule has 4 rings (SSSR count). The summed E-state index contributed by atoms with van der Waals surface area (Å²) in [6.45, 7) is 0.300. The van der Waals surface area contributed by atoms with Crippen molar-refractivity contribution in [3.8, 4) is 0 Å². The van der Waals surface area contributed by atoms with Crippen LogP contribution in [0.4, 0.5) is 0 Å². The number of esters is 1. The standard InChI is InChI=1S/C31H30O2/c32-31(33-24-28-19-11-4-12-20-28)30(23-27-17-9-3-10-18-27)29(21-25-13-5-1-6-14-25)22-26-15-7-2-8-16-26/h1-20,29-30H,21-24H2. The summed E-state index contributed by atoms with van der Waals surface area (Å²) in [5.74, 6) is -0.241. The summed E-state index contributed by atoms with van der Waals surface area (Å²) in [5, 5.41) is 0. The summed E-state index contributed by atoms with van der Waals surface area (Å²) >= 11 is 0. The first kappa shape index (κ1) is 22.5. The van der Waals surface area contributed by atoms with Crippen LogP contribution in [0.25, 0.3) is 0 Å². The summed E-state index contributed by atoms with van der Waals surface area (Å²) in [6.07, 6.45) is 2.32. The van der Waals surface area contributed by atoms with E-state index in [1.54, 1.807) is 0 Å². The van der Waals surface area contributed by atoms with Crippen LogP contribution in [0.3, 0.4) is 0 Å². The van der Waals surface area contributed by atoms with Gasteiger partial charge in [-0.25, -0.2) is 0 Å². The summed E-state index contributed by atoms with van der Waals surface area (Å²) in [4.78, 5) is 13.5. The SMILES string of the molecule is O=C(OCc1ccccc1)C(Cc1ccccc1)C(Cc1ccccc1)Cc1ccccc1.